The number of hydrogen-bond donors (Lipinski definition) is 2. The van der Waals surface area contributed by atoms with Crippen LogP contribution in [0.15, 0.2) is 54.7 Å². The summed E-state index contributed by atoms with van der Waals surface area (Å²) in [6.07, 6.45) is 1.82. The molecule has 1 aliphatic heterocycles. The Hall–Kier alpha value is -3.19. The number of nitrogens with one attached hydrogen (secondary N) is 2. The summed E-state index contributed by atoms with van der Waals surface area (Å²) in [6, 6.07) is 16.3. The fourth-order valence-corrected chi connectivity index (χ4v) is 5.10. The molecule has 0 saturated carbocycles. The largest absolute Gasteiger partial charge is 0.351 e. The van der Waals surface area contributed by atoms with Gasteiger partial charge in [0.2, 0.25) is 5.91 Å². The van der Waals surface area contributed by atoms with E-state index in [0.29, 0.717) is 11.2 Å². The fourth-order valence-electron chi connectivity index (χ4n) is 4.75. The van der Waals surface area contributed by atoms with E-state index in [4.69, 9.17) is 12.2 Å². The Morgan fingerprint density at radius 1 is 1.16 bits per heavy atom. The number of rotatable bonds is 5. The standard InChI is InChI=1S/C25H29N5OS/c1-15(2)29-16(3)14-21(17(29)4)24-23(22-8-6-7-13-26-22)28-25(32)30(24)20-11-9-19(10-12-20)27-18(5)31/h6-15,23-24H,1-5H3,(H,27,31)(H,28,32)/t23-,24-/m0/s1. The Balaban J connectivity index is 1.82. The predicted octanol–water partition coefficient (Wildman–Crippen LogP) is 5.22. The van der Waals surface area contributed by atoms with Crippen LogP contribution < -0.4 is 15.5 Å². The minimum absolute atomic E-state index is 0.0530. The third-order valence-corrected chi connectivity index (χ3v) is 6.24. The van der Waals surface area contributed by atoms with Crippen LogP contribution in [0.25, 0.3) is 0 Å². The number of pyridine rings is 1. The van der Waals surface area contributed by atoms with Crippen molar-refractivity contribution >= 4 is 34.6 Å². The average Bonchev–Trinajstić information content (AvgIpc) is 3.24. The van der Waals surface area contributed by atoms with Crippen molar-refractivity contribution in [3.8, 4) is 0 Å². The average molecular weight is 448 g/mol. The van der Waals surface area contributed by atoms with Crippen LogP contribution in [0.3, 0.4) is 0 Å². The smallest absolute Gasteiger partial charge is 0.221 e. The summed E-state index contributed by atoms with van der Waals surface area (Å²) in [5, 5.41) is 7.00. The monoisotopic (exact) mass is 447 g/mol. The minimum atomic E-state index is -0.0923. The van der Waals surface area contributed by atoms with E-state index in [1.807, 2.05) is 48.7 Å². The van der Waals surface area contributed by atoms with E-state index < -0.39 is 0 Å². The molecule has 166 valence electrons. The molecule has 2 atom stereocenters. The van der Waals surface area contributed by atoms with Crippen molar-refractivity contribution in [3.05, 3.63) is 77.4 Å². The number of thiocarbonyl (C=S) groups is 1. The highest BCUT2D eigenvalue weighted by molar-refractivity contribution is 7.80. The van der Waals surface area contributed by atoms with Crippen LogP contribution in [0.1, 0.15) is 61.5 Å². The number of aryl methyl sites for hydroxylation is 1. The van der Waals surface area contributed by atoms with Gasteiger partial charge in [-0.1, -0.05) is 6.07 Å². The Morgan fingerprint density at radius 3 is 2.44 bits per heavy atom. The van der Waals surface area contributed by atoms with Gasteiger partial charge in [-0.3, -0.25) is 9.78 Å². The molecule has 3 heterocycles. The molecule has 6 nitrogen and oxygen atoms in total. The molecule has 1 amide bonds. The van der Waals surface area contributed by atoms with Gasteiger partial charge in [-0.05, 0) is 87.9 Å². The van der Waals surface area contributed by atoms with Crippen LogP contribution in [0.4, 0.5) is 11.4 Å². The minimum Gasteiger partial charge on any atom is -0.351 e. The van der Waals surface area contributed by atoms with Crippen molar-refractivity contribution in [2.24, 2.45) is 0 Å². The van der Waals surface area contributed by atoms with Crippen molar-refractivity contribution < 1.29 is 4.79 Å². The number of benzene rings is 1. The molecular formula is C25H29N5OS. The van der Waals surface area contributed by atoms with Gasteiger partial charge in [0.25, 0.3) is 0 Å². The number of carbonyl (C=O) groups excluding carboxylic acids is 1. The first-order chi connectivity index (χ1) is 15.3. The Bertz CT molecular complexity index is 1140. The first kappa shape index (κ1) is 22.0. The first-order valence-electron chi connectivity index (χ1n) is 10.8. The van der Waals surface area contributed by atoms with Gasteiger partial charge in [0, 0.05) is 41.9 Å². The number of carbonyl (C=O) groups is 1. The lowest BCUT2D eigenvalue weighted by Gasteiger charge is -2.28. The highest BCUT2D eigenvalue weighted by atomic mass is 32.1. The van der Waals surface area contributed by atoms with Gasteiger partial charge in [-0.15, -0.1) is 0 Å². The molecule has 2 aromatic heterocycles. The van der Waals surface area contributed by atoms with Gasteiger partial charge >= 0.3 is 0 Å². The highest BCUT2D eigenvalue weighted by Gasteiger charge is 2.42. The van der Waals surface area contributed by atoms with Gasteiger partial charge in [0.05, 0.1) is 17.8 Å². The summed E-state index contributed by atoms with van der Waals surface area (Å²) in [5.41, 5.74) is 6.36. The van der Waals surface area contributed by atoms with Gasteiger partial charge in [0.15, 0.2) is 5.11 Å². The molecule has 32 heavy (non-hydrogen) atoms. The molecule has 2 N–H and O–H groups in total. The van der Waals surface area contributed by atoms with Gasteiger partial charge in [-0.25, -0.2) is 0 Å². The Kier molecular flexibility index (Phi) is 6.02. The summed E-state index contributed by atoms with van der Waals surface area (Å²) < 4.78 is 2.37. The number of amides is 1. The van der Waals surface area contributed by atoms with Crippen LogP contribution in [0.2, 0.25) is 0 Å². The molecule has 4 rings (SSSR count). The zero-order valence-electron chi connectivity index (χ0n) is 19.1. The molecule has 1 saturated heterocycles. The molecule has 0 spiro atoms. The Morgan fingerprint density at radius 2 is 1.88 bits per heavy atom. The lowest BCUT2D eigenvalue weighted by atomic mass is 9.96. The van der Waals surface area contributed by atoms with E-state index in [-0.39, 0.29) is 18.0 Å². The summed E-state index contributed by atoms with van der Waals surface area (Å²) in [5.74, 6) is -0.0923. The SMILES string of the molecule is CC(=O)Nc1ccc(N2C(=S)N[C@@H](c3ccccn3)[C@@H]2c2cc(C)n(C(C)C)c2C)cc1. The van der Waals surface area contributed by atoms with E-state index in [9.17, 15) is 4.79 Å². The normalized spacial score (nSPS) is 18.2. The van der Waals surface area contributed by atoms with Crippen molar-refractivity contribution in [1.82, 2.24) is 14.9 Å². The second kappa shape index (κ2) is 8.74. The van der Waals surface area contributed by atoms with Crippen LogP contribution in [-0.2, 0) is 4.79 Å². The molecule has 0 radical (unpaired) electrons. The lowest BCUT2D eigenvalue weighted by Crippen LogP contribution is -2.29. The highest BCUT2D eigenvalue weighted by Crippen LogP contribution is 2.43. The summed E-state index contributed by atoms with van der Waals surface area (Å²) >= 11 is 5.82. The van der Waals surface area contributed by atoms with Gasteiger partial charge < -0.3 is 20.1 Å². The Labute approximate surface area is 194 Å². The quantitative estimate of drug-likeness (QED) is 0.525. The van der Waals surface area contributed by atoms with Crippen molar-refractivity contribution in [1.29, 1.82) is 0 Å². The van der Waals surface area contributed by atoms with E-state index in [0.717, 1.165) is 17.1 Å². The maximum absolute atomic E-state index is 11.4. The fraction of sp³-hybridized carbons (Fsp3) is 0.320. The van der Waals surface area contributed by atoms with Crippen molar-refractivity contribution in [2.75, 3.05) is 10.2 Å². The van der Waals surface area contributed by atoms with Gasteiger partial charge in [-0.2, -0.15) is 0 Å². The van der Waals surface area contributed by atoms with Gasteiger partial charge in [0.1, 0.15) is 0 Å². The van der Waals surface area contributed by atoms with E-state index in [1.54, 1.807) is 0 Å². The molecule has 1 fully saturated rings. The molecular weight excluding hydrogens is 418 g/mol. The molecule has 1 aliphatic rings. The molecule has 0 aliphatic carbocycles. The number of aromatic nitrogens is 2. The number of anilines is 2. The number of nitrogens with zero attached hydrogens (tertiary/aromatic N) is 3. The third-order valence-electron chi connectivity index (χ3n) is 5.92. The van der Waals surface area contributed by atoms with E-state index >= 15 is 0 Å². The zero-order chi connectivity index (χ0) is 23.0. The molecule has 0 bridgehead atoms. The van der Waals surface area contributed by atoms with Crippen molar-refractivity contribution in [3.63, 3.8) is 0 Å². The topological polar surface area (TPSA) is 62.2 Å². The lowest BCUT2D eigenvalue weighted by molar-refractivity contribution is -0.114. The third kappa shape index (κ3) is 4.00. The summed E-state index contributed by atoms with van der Waals surface area (Å²) in [4.78, 5) is 18.2. The van der Waals surface area contributed by atoms with Crippen LogP contribution >= 0.6 is 12.2 Å². The maximum Gasteiger partial charge on any atom is 0.221 e. The van der Waals surface area contributed by atoms with Crippen LogP contribution in [-0.4, -0.2) is 20.6 Å². The van der Waals surface area contributed by atoms with Crippen molar-refractivity contribution in [2.45, 2.75) is 52.7 Å². The zero-order valence-corrected chi connectivity index (χ0v) is 19.9. The predicted molar refractivity (Wildman–Crippen MR) is 133 cm³/mol. The molecule has 3 aromatic rings. The second-order valence-electron chi connectivity index (χ2n) is 8.51. The summed E-state index contributed by atoms with van der Waals surface area (Å²) in [7, 11) is 0. The van der Waals surface area contributed by atoms with Crippen LogP contribution in [0, 0.1) is 13.8 Å². The van der Waals surface area contributed by atoms with Crippen LogP contribution in [0.5, 0.6) is 0 Å². The first-order valence-corrected chi connectivity index (χ1v) is 11.3. The molecule has 7 heteroatoms. The second-order valence-corrected chi connectivity index (χ2v) is 8.90. The summed E-state index contributed by atoms with van der Waals surface area (Å²) in [6.45, 7) is 10.2. The number of hydrogen-bond acceptors (Lipinski definition) is 3. The maximum atomic E-state index is 11.4. The molecule has 1 aromatic carbocycles. The van der Waals surface area contributed by atoms with E-state index in [1.165, 1.54) is 23.9 Å². The molecule has 0 unspecified atom stereocenters. The van der Waals surface area contributed by atoms with E-state index in [2.05, 4.69) is 58.8 Å².